The largest absolute Gasteiger partial charge is 0.371 e. The van der Waals surface area contributed by atoms with E-state index in [-0.39, 0.29) is 17.5 Å². The number of rotatable bonds is 1. The third-order valence-corrected chi connectivity index (χ3v) is 5.17. The lowest BCUT2D eigenvalue weighted by molar-refractivity contribution is 0.629. The summed E-state index contributed by atoms with van der Waals surface area (Å²) in [7, 11) is 0. The summed E-state index contributed by atoms with van der Waals surface area (Å²) in [6, 6.07) is 9.22. The highest BCUT2D eigenvalue weighted by atomic mass is 19.1. The molecule has 5 nitrogen and oxygen atoms in total. The number of nitrogens with one attached hydrogen (secondary N) is 4. The Bertz CT molecular complexity index is 1110. The number of halogens is 1. The first-order valence-electron chi connectivity index (χ1n) is 8.84. The minimum absolute atomic E-state index is 0.231. The average Bonchev–Trinajstić information content (AvgIpc) is 3.05. The van der Waals surface area contributed by atoms with Gasteiger partial charge in [0, 0.05) is 17.3 Å². The number of H-pyrrole nitrogens is 1. The summed E-state index contributed by atoms with van der Waals surface area (Å²) in [5, 5.41) is 21.0. The molecule has 6 heteroatoms. The summed E-state index contributed by atoms with van der Waals surface area (Å²) in [5.41, 5.74) is 3.39. The van der Waals surface area contributed by atoms with E-state index in [2.05, 4.69) is 10.3 Å². The van der Waals surface area contributed by atoms with Crippen molar-refractivity contribution in [3.63, 3.8) is 0 Å². The van der Waals surface area contributed by atoms with E-state index < -0.39 is 5.54 Å². The Labute approximate surface area is 157 Å². The van der Waals surface area contributed by atoms with Crippen LogP contribution in [0.4, 0.5) is 15.8 Å². The van der Waals surface area contributed by atoms with Gasteiger partial charge in [-0.1, -0.05) is 18.2 Å². The van der Waals surface area contributed by atoms with Gasteiger partial charge in [0.05, 0.1) is 22.4 Å². The molecule has 4 N–H and O–H groups in total. The molecule has 0 unspecified atom stereocenters. The van der Waals surface area contributed by atoms with Crippen molar-refractivity contribution in [1.82, 2.24) is 4.98 Å². The molecule has 0 aliphatic carbocycles. The van der Waals surface area contributed by atoms with Gasteiger partial charge in [0.25, 0.3) is 0 Å². The Hall–Kier alpha value is -3.15. The third kappa shape index (κ3) is 2.44. The van der Waals surface area contributed by atoms with Gasteiger partial charge in [0.2, 0.25) is 0 Å². The molecule has 0 saturated carbocycles. The van der Waals surface area contributed by atoms with E-state index in [1.165, 1.54) is 6.07 Å². The lowest BCUT2D eigenvalue weighted by Gasteiger charge is -2.43. The van der Waals surface area contributed by atoms with Crippen LogP contribution >= 0.6 is 0 Å². The highest BCUT2D eigenvalue weighted by Crippen LogP contribution is 2.44. The number of aromatic nitrogens is 1. The van der Waals surface area contributed by atoms with Crippen LogP contribution in [0.15, 0.2) is 36.5 Å². The summed E-state index contributed by atoms with van der Waals surface area (Å²) in [6.07, 6.45) is 1.84. The number of para-hydroxylation sites is 1. The van der Waals surface area contributed by atoms with Gasteiger partial charge in [-0.2, -0.15) is 0 Å². The third-order valence-electron chi connectivity index (χ3n) is 5.17. The van der Waals surface area contributed by atoms with Crippen molar-refractivity contribution in [2.45, 2.75) is 33.2 Å². The minimum Gasteiger partial charge on any atom is -0.371 e. The van der Waals surface area contributed by atoms with Gasteiger partial charge in [0.1, 0.15) is 17.5 Å². The molecule has 2 aromatic carbocycles. The van der Waals surface area contributed by atoms with Gasteiger partial charge in [-0.3, -0.25) is 15.7 Å². The van der Waals surface area contributed by atoms with Crippen LogP contribution in [0.1, 0.15) is 26.3 Å². The summed E-state index contributed by atoms with van der Waals surface area (Å²) in [5.74, 6) is 0.170. The number of anilines is 2. The van der Waals surface area contributed by atoms with E-state index in [0.717, 1.165) is 16.5 Å². The second-order valence-corrected chi connectivity index (χ2v) is 7.52. The van der Waals surface area contributed by atoms with Gasteiger partial charge in [-0.25, -0.2) is 4.39 Å². The monoisotopic (exact) mass is 363 g/mol. The van der Waals surface area contributed by atoms with Crippen LogP contribution in [-0.2, 0) is 0 Å². The number of aromatic amines is 1. The van der Waals surface area contributed by atoms with E-state index in [4.69, 9.17) is 10.8 Å². The molecule has 1 aliphatic rings. The highest BCUT2D eigenvalue weighted by Gasteiger charge is 2.38. The molecule has 3 aromatic rings. The van der Waals surface area contributed by atoms with Crippen LogP contribution in [0.5, 0.6) is 0 Å². The number of hydrogen-bond acceptors (Lipinski definition) is 3. The van der Waals surface area contributed by atoms with E-state index in [9.17, 15) is 0 Å². The first-order valence-corrected chi connectivity index (χ1v) is 8.84. The van der Waals surface area contributed by atoms with E-state index in [0.29, 0.717) is 22.5 Å². The predicted octanol–water partition coefficient (Wildman–Crippen LogP) is 5.27. The zero-order chi connectivity index (χ0) is 19.5. The maximum absolute atomic E-state index is 15.3. The summed E-state index contributed by atoms with van der Waals surface area (Å²) >= 11 is 0. The molecule has 138 valence electrons. The van der Waals surface area contributed by atoms with Gasteiger partial charge < -0.3 is 10.3 Å². The Morgan fingerprint density at radius 1 is 1.22 bits per heavy atom. The Morgan fingerprint density at radius 2 is 1.96 bits per heavy atom. The quantitative estimate of drug-likeness (QED) is 0.351. The fourth-order valence-corrected chi connectivity index (χ4v) is 3.90. The summed E-state index contributed by atoms with van der Waals surface area (Å²) < 4.78 is 15.3. The summed E-state index contributed by atoms with van der Waals surface area (Å²) in [4.78, 5) is 4.79. The van der Waals surface area contributed by atoms with Crippen LogP contribution in [0.25, 0.3) is 22.0 Å². The van der Waals surface area contributed by atoms with Crippen molar-refractivity contribution < 1.29 is 4.39 Å². The second-order valence-electron chi connectivity index (χ2n) is 7.52. The Kier molecular flexibility index (Phi) is 3.63. The molecule has 0 spiro atoms. The van der Waals surface area contributed by atoms with Crippen LogP contribution < -0.4 is 10.2 Å². The standard InChI is InChI=1S/C21H22FN5/c1-11-17(14-7-5-6-13-8-9-25-18(13)14)15(22)10-16-19(11)27(12(2)23)20(24)21(3,4)26-16/h5-10,23-26H,1-4H3. The number of hydrogen-bond donors (Lipinski definition) is 4. The fourth-order valence-electron chi connectivity index (χ4n) is 3.90. The first kappa shape index (κ1) is 17.3. The number of amidine groups is 2. The van der Waals surface area contributed by atoms with Crippen molar-refractivity contribution >= 4 is 33.9 Å². The molecule has 0 bridgehead atoms. The van der Waals surface area contributed by atoms with Crippen LogP contribution in [0.3, 0.4) is 0 Å². The molecule has 0 radical (unpaired) electrons. The van der Waals surface area contributed by atoms with Crippen molar-refractivity contribution in [2.75, 3.05) is 10.2 Å². The summed E-state index contributed by atoms with van der Waals surface area (Å²) in [6.45, 7) is 7.21. The van der Waals surface area contributed by atoms with E-state index in [1.807, 2.05) is 51.2 Å². The molecule has 1 aliphatic heterocycles. The normalized spacial score (nSPS) is 15.6. The fraction of sp³-hybridized carbons (Fsp3) is 0.238. The Balaban J connectivity index is 2.05. The van der Waals surface area contributed by atoms with Crippen molar-refractivity contribution in [2.24, 2.45) is 0 Å². The van der Waals surface area contributed by atoms with Crippen molar-refractivity contribution in [3.8, 4) is 11.1 Å². The lowest BCUT2D eigenvalue weighted by atomic mass is 9.91. The number of fused-ring (bicyclic) bond motifs is 2. The van der Waals surface area contributed by atoms with Gasteiger partial charge in [0.15, 0.2) is 0 Å². The molecule has 27 heavy (non-hydrogen) atoms. The van der Waals surface area contributed by atoms with Crippen LogP contribution in [0, 0.1) is 23.6 Å². The highest BCUT2D eigenvalue weighted by molar-refractivity contribution is 6.24. The van der Waals surface area contributed by atoms with E-state index in [1.54, 1.807) is 11.8 Å². The zero-order valence-electron chi connectivity index (χ0n) is 15.8. The molecule has 0 atom stereocenters. The van der Waals surface area contributed by atoms with Gasteiger partial charge in [-0.15, -0.1) is 0 Å². The molecule has 0 saturated heterocycles. The number of benzene rings is 2. The average molecular weight is 363 g/mol. The second kappa shape index (κ2) is 5.67. The smallest absolute Gasteiger partial charge is 0.133 e. The zero-order valence-corrected chi connectivity index (χ0v) is 15.8. The maximum Gasteiger partial charge on any atom is 0.133 e. The number of nitrogens with zero attached hydrogens (tertiary/aromatic N) is 1. The molecule has 4 rings (SSSR count). The Morgan fingerprint density at radius 3 is 2.67 bits per heavy atom. The maximum atomic E-state index is 15.3. The van der Waals surface area contributed by atoms with Crippen molar-refractivity contribution in [3.05, 3.63) is 47.9 Å². The molecular weight excluding hydrogens is 341 g/mol. The molecular formula is C21H22FN5. The topological polar surface area (TPSA) is 78.8 Å². The molecule has 0 fully saturated rings. The van der Waals surface area contributed by atoms with Gasteiger partial charge >= 0.3 is 0 Å². The molecule has 2 heterocycles. The minimum atomic E-state index is -0.699. The van der Waals surface area contributed by atoms with Crippen LogP contribution in [-0.4, -0.2) is 22.2 Å². The lowest BCUT2D eigenvalue weighted by Crippen LogP contribution is -2.55. The molecule has 1 aromatic heterocycles. The first-order chi connectivity index (χ1) is 12.7. The van der Waals surface area contributed by atoms with Gasteiger partial charge in [-0.05, 0) is 50.8 Å². The molecule has 0 amide bonds. The SMILES string of the molecule is CC(=N)N1C(=N)C(C)(C)Nc2cc(F)c(-c3cccc4cc[nH]c34)c(C)c21. The van der Waals surface area contributed by atoms with Crippen LogP contribution in [0.2, 0.25) is 0 Å². The van der Waals surface area contributed by atoms with Crippen molar-refractivity contribution in [1.29, 1.82) is 10.8 Å². The predicted molar refractivity (Wildman–Crippen MR) is 110 cm³/mol. The van der Waals surface area contributed by atoms with E-state index >= 15 is 4.39 Å².